The first kappa shape index (κ1) is 19.0. The zero-order valence-electron chi connectivity index (χ0n) is 14.5. The van der Waals surface area contributed by atoms with Crippen LogP contribution >= 0.6 is 0 Å². The van der Waals surface area contributed by atoms with Gasteiger partial charge >= 0.3 is 6.03 Å². The molecule has 0 spiro atoms. The van der Waals surface area contributed by atoms with E-state index >= 15 is 0 Å². The van der Waals surface area contributed by atoms with Gasteiger partial charge in [-0.2, -0.15) is 0 Å². The van der Waals surface area contributed by atoms with Gasteiger partial charge in [-0.3, -0.25) is 9.59 Å². The van der Waals surface area contributed by atoms with Gasteiger partial charge in [-0.05, 0) is 31.2 Å². The highest BCUT2D eigenvalue weighted by Crippen LogP contribution is 1.99. The second kappa shape index (κ2) is 9.87. The van der Waals surface area contributed by atoms with Crippen molar-refractivity contribution in [3.8, 4) is 0 Å². The molecule has 1 aromatic heterocycles. The molecule has 0 saturated carbocycles. The molecule has 1 heterocycles. The zero-order chi connectivity index (χ0) is 18.8. The minimum Gasteiger partial charge on any atom is -0.467 e. The minimum atomic E-state index is -0.705. The number of benzene rings is 1. The van der Waals surface area contributed by atoms with E-state index < -0.39 is 12.1 Å². The molecule has 2 rings (SSSR count). The third kappa shape index (κ3) is 6.31. The van der Waals surface area contributed by atoms with Crippen molar-refractivity contribution < 1.29 is 18.8 Å². The third-order valence-corrected chi connectivity index (χ3v) is 3.49. The quantitative estimate of drug-likeness (QED) is 0.528. The number of rotatable bonds is 8. The van der Waals surface area contributed by atoms with Gasteiger partial charge in [-0.15, -0.1) is 0 Å². The molecule has 138 valence electrons. The Kier molecular flexibility index (Phi) is 7.23. The third-order valence-electron chi connectivity index (χ3n) is 3.49. The van der Waals surface area contributed by atoms with Gasteiger partial charge in [0.05, 0.1) is 12.8 Å². The van der Waals surface area contributed by atoms with Gasteiger partial charge in [0, 0.05) is 18.7 Å². The lowest BCUT2D eigenvalue weighted by Gasteiger charge is -2.14. The van der Waals surface area contributed by atoms with Crippen molar-refractivity contribution in [1.29, 1.82) is 0 Å². The number of hydrogen-bond acceptors (Lipinski definition) is 4. The molecule has 2 aromatic rings. The summed E-state index contributed by atoms with van der Waals surface area (Å²) in [6.07, 6.45) is 1.52. The van der Waals surface area contributed by atoms with Gasteiger partial charge < -0.3 is 25.7 Å². The predicted octanol–water partition coefficient (Wildman–Crippen LogP) is 1.01. The summed E-state index contributed by atoms with van der Waals surface area (Å²) < 4.78 is 5.11. The number of hydrogen-bond donors (Lipinski definition) is 4. The Hall–Kier alpha value is -3.29. The first-order valence-electron chi connectivity index (χ1n) is 8.24. The van der Waals surface area contributed by atoms with Gasteiger partial charge in [0.2, 0.25) is 5.91 Å². The van der Waals surface area contributed by atoms with E-state index in [2.05, 4.69) is 21.3 Å². The Morgan fingerprint density at radius 2 is 1.69 bits per heavy atom. The highest BCUT2D eigenvalue weighted by molar-refractivity contribution is 5.94. The first-order chi connectivity index (χ1) is 12.6. The Morgan fingerprint density at radius 1 is 0.962 bits per heavy atom. The van der Waals surface area contributed by atoms with Crippen LogP contribution < -0.4 is 21.3 Å². The van der Waals surface area contributed by atoms with Crippen LogP contribution in [-0.4, -0.2) is 37.0 Å². The molecule has 8 heteroatoms. The second-order valence-electron chi connectivity index (χ2n) is 5.54. The monoisotopic (exact) mass is 358 g/mol. The van der Waals surface area contributed by atoms with E-state index in [1.165, 1.54) is 6.26 Å². The van der Waals surface area contributed by atoms with Crippen molar-refractivity contribution in [2.75, 3.05) is 13.1 Å². The Labute approximate surface area is 151 Å². The van der Waals surface area contributed by atoms with Crippen molar-refractivity contribution in [3.05, 3.63) is 60.1 Å². The maximum absolute atomic E-state index is 11.9. The van der Waals surface area contributed by atoms with E-state index in [9.17, 15) is 14.4 Å². The highest BCUT2D eigenvalue weighted by atomic mass is 16.3. The number of furan rings is 1. The number of carbonyl (C=O) groups excluding carboxylic acids is 3. The first-order valence-corrected chi connectivity index (χ1v) is 8.24. The molecular formula is C18H22N4O4. The molecule has 0 bridgehead atoms. The van der Waals surface area contributed by atoms with E-state index in [1.54, 1.807) is 43.3 Å². The maximum atomic E-state index is 11.9. The summed E-state index contributed by atoms with van der Waals surface area (Å²) in [6.45, 7) is 2.35. The van der Waals surface area contributed by atoms with Gasteiger partial charge in [-0.25, -0.2) is 4.79 Å². The van der Waals surface area contributed by atoms with Crippen LogP contribution in [0.15, 0.2) is 53.1 Å². The number of amides is 4. The molecule has 4 amide bonds. The van der Waals surface area contributed by atoms with E-state index in [1.807, 2.05) is 6.07 Å². The van der Waals surface area contributed by atoms with Crippen molar-refractivity contribution in [2.24, 2.45) is 0 Å². The Balaban J connectivity index is 1.60. The molecule has 0 radical (unpaired) electrons. The molecule has 8 nitrogen and oxygen atoms in total. The van der Waals surface area contributed by atoms with Crippen LogP contribution in [-0.2, 0) is 11.3 Å². The molecule has 0 aliphatic rings. The van der Waals surface area contributed by atoms with Crippen LogP contribution in [0.4, 0.5) is 4.79 Å². The molecule has 1 aromatic carbocycles. The number of carbonyl (C=O) groups is 3. The van der Waals surface area contributed by atoms with Gasteiger partial charge in [0.1, 0.15) is 11.8 Å². The van der Waals surface area contributed by atoms with Gasteiger partial charge in [0.25, 0.3) is 5.91 Å². The molecule has 0 fully saturated rings. The standard InChI is InChI=1S/C18H22N4O4/c1-13(16(23)21-12-15-8-5-11-26-15)22-18(25)20-10-9-19-17(24)14-6-3-2-4-7-14/h2-8,11,13H,9-10,12H2,1H3,(H,19,24)(H,21,23)(H2,20,22,25). The zero-order valence-corrected chi connectivity index (χ0v) is 14.5. The summed E-state index contributed by atoms with van der Waals surface area (Å²) in [5.74, 6) is 0.0940. The highest BCUT2D eigenvalue weighted by Gasteiger charge is 2.15. The van der Waals surface area contributed by atoms with Crippen LogP contribution in [0.3, 0.4) is 0 Å². The normalized spacial score (nSPS) is 11.3. The molecule has 1 unspecified atom stereocenters. The molecule has 0 aliphatic carbocycles. The summed E-state index contributed by atoms with van der Waals surface area (Å²) in [6, 6.07) is 11.1. The van der Waals surface area contributed by atoms with E-state index in [0.29, 0.717) is 11.3 Å². The molecule has 0 aliphatic heterocycles. The lowest BCUT2D eigenvalue weighted by atomic mass is 10.2. The summed E-state index contributed by atoms with van der Waals surface area (Å²) in [4.78, 5) is 35.5. The topological polar surface area (TPSA) is 112 Å². The van der Waals surface area contributed by atoms with Gasteiger partial charge in [0.15, 0.2) is 0 Å². The Bertz CT molecular complexity index is 716. The number of urea groups is 1. The molecule has 1 atom stereocenters. The summed E-state index contributed by atoms with van der Waals surface area (Å²) in [5.41, 5.74) is 0.554. The van der Waals surface area contributed by atoms with Gasteiger partial charge in [-0.1, -0.05) is 18.2 Å². The second-order valence-corrected chi connectivity index (χ2v) is 5.54. The average molecular weight is 358 g/mol. The molecule has 4 N–H and O–H groups in total. The van der Waals surface area contributed by atoms with E-state index in [4.69, 9.17) is 4.42 Å². The largest absolute Gasteiger partial charge is 0.467 e. The fourth-order valence-corrected chi connectivity index (χ4v) is 2.10. The van der Waals surface area contributed by atoms with Crippen LogP contribution in [0.25, 0.3) is 0 Å². The molecule has 26 heavy (non-hydrogen) atoms. The maximum Gasteiger partial charge on any atom is 0.315 e. The van der Waals surface area contributed by atoms with Crippen molar-refractivity contribution >= 4 is 17.8 Å². The van der Waals surface area contributed by atoms with Crippen LogP contribution in [0.2, 0.25) is 0 Å². The van der Waals surface area contributed by atoms with Crippen LogP contribution in [0.5, 0.6) is 0 Å². The molecule has 0 saturated heterocycles. The fourth-order valence-electron chi connectivity index (χ4n) is 2.10. The SMILES string of the molecule is CC(NC(=O)NCCNC(=O)c1ccccc1)C(=O)NCc1ccco1. The summed E-state index contributed by atoms with van der Waals surface area (Å²) >= 11 is 0. The lowest BCUT2D eigenvalue weighted by molar-refractivity contribution is -0.122. The average Bonchev–Trinajstić information content (AvgIpc) is 3.17. The predicted molar refractivity (Wildman–Crippen MR) is 95.3 cm³/mol. The van der Waals surface area contributed by atoms with Crippen molar-refractivity contribution in [3.63, 3.8) is 0 Å². The van der Waals surface area contributed by atoms with Crippen molar-refractivity contribution in [1.82, 2.24) is 21.3 Å². The smallest absolute Gasteiger partial charge is 0.315 e. The summed E-state index contributed by atoms with van der Waals surface area (Å²) in [7, 11) is 0. The lowest BCUT2D eigenvalue weighted by Crippen LogP contribution is -2.49. The van der Waals surface area contributed by atoms with E-state index in [-0.39, 0.29) is 31.4 Å². The van der Waals surface area contributed by atoms with E-state index in [0.717, 1.165) is 0 Å². The molecular weight excluding hydrogens is 336 g/mol. The number of nitrogens with one attached hydrogen (secondary N) is 4. The van der Waals surface area contributed by atoms with Crippen LogP contribution in [0.1, 0.15) is 23.0 Å². The minimum absolute atomic E-state index is 0.210. The Morgan fingerprint density at radius 3 is 2.38 bits per heavy atom. The fraction of sp³-hybridized carbons (Fsp3) is 0.278. The van der Waals surface area contributed by atoms with Crippen LogP contribution in [0, 0.1) is 0 Å². The van der Waals surface area contributed by atoms with Crippen molar-refractivity contribution in [2.45, 2.75) is 19.5 Å². The summed E-state index contributed by atoms with van der Waals surface area (Å²) in [5, 5.41) is 10.5.